The highest BCUT2D eigenvalue weighted by atomic mass is 32.2. The van der Waals surface area contributed by atoms with Crippen LogP contribution in [-0.2, 0) is 17.2 Å². The van der Waals surface area contributed by atoms with Gasteiger partial charge in [0.05, 0.1) is 10.8 Å². The fourth-order valence-corrected chi connectivity index (χ4v) is 5.28. The Bertz CT molecular complexity index is 942. The standard InChI is InChI=1S/C25H22OS/c1-25(17-20-11-5-2-6-12-20)18-23(21-13-7-3-8-14-21)27(26)24(19-25)22-15-9-4-10-16-22/h2-16,18-19H,17H2,1H3. The number of allylic oxidation sites excluding steroid dienone is 2. The molecular formula is C25H22OS. The minimum atomic E-state index is -1.20. The van der Waals surface area contributed by atoms with Gasteiger partial charge in [0, 0.05) is 15.2 Å². The lowest BCUT2D eigenvalue weighted by Gasteiger charge is -2.30. The maximum atomic E-state index is 13.4. The smallest absolute Gasteiger partial charge is 0.0855 e. The van der Waals surface area contributed by atoms with Gasteiger partial charge in [-0.05, 0) is 23.1 Å². The first-order valence-electron chi connectivity index (χ1n) is 9.17. The number of hydrogen-bond donors (Lipinski definition) is 0. The number of rotatable bonds is 4. The van der Waals surface area contributed by atoms with E-state index in [4.69, 9.17) is 0 Å². The van der Waals surface area contributed by atoms with E-state index in [1.54, 1.807) is 0 Å². The summed E-state index contributed by atoms with van der Waals surface area (Å²) in [6.45, 7) is 2.22. The first kappa shape index (κ1) is 17.7. The highest BCUT2D eigenvalue weighted by Crippen LogP contribution is 2.42. The van der Waals surface area contributed by atoms with Crippen molar-refractivity contribution in [3.8, 4) is 0 Å². The summed E-state index contributed by atoms with van der Waals surface area (Å²) in [6.07, 6.45) is 5.26. The van der Waals surface area contributed by atoms with E-state index in [-0.39, 0.29) is 5.41 Å². The average Bonchev–Trinajstić information content (AvgIpc) is 2.72. The van der Waals surface area contributed by atoms with Gasteiger partial charge < -0.3 is 0 Å². The molecule has 0 bridgehead atoms. The second kappa shape index (κ2) is 7.50. The monoisotopic (exact) mass is 370 g/mol. The molecule has 1 nitrogen and oxygen atoms in total. The van der Waals surface area contributed by atoms with Crippen molar-refractivity contribution >= 4 is 20.6 Å². The van der Waals surface area contributed by atoms with Crippen LogP contribution in [0.4, 0.5) is 0 Å². The van der Waals surface area contributed by atoms with Gasteiger partial charge in [0.1, 0.15) is 0 Å². The van der Waals surface area contributed by atoms with Crippen LogP contribution in [0.15, 0.2) is 103 Å². The fourth-order valence-electron chi connectivity index (χ4n) is 3.59. The molecular weight excluding hydrogens is 348 g/mol. The van der Waals surface area contributed by atoms with Crippen LogP contribution < -0.4 is 0 Å². The Morgan fingerprint density at radius 2 is 1.07 bits per heavy atom. The van der Waals surface area contributed by atoms with E-state index in [0.717, 1.165) is 27.4 Å². The molecule has 0 saturated heterocycles. The first-order valence-corrected chi connectivity index (χ1v) is 10.3. The van der Waals surface area contributed by atoms with E-state index in [9.17, 15) is 4.21 Å². The van der Waals surface area contributed by atoms with E-state index < -0.39 is 10.8 Å². The van der Waals surface area contributed by atoms with Crippen molar-refractivity contribution in [1.82, 2.24) is 0 Å². The second-order valence-corrected chi connectivity index (χ2v) is 8.60. The third kappa shape index (κ3) is 3.86. The van der Waals surface area contributed by atoms with Crippen molar-refractivity contribution in [2.75, 3.05) is 0 Å². The van der Waals surface area contributed by atoms with Crippen LogP contribution >= 0.6 is 0 Å². The van der Waals surface area contributed by atoms with Crippen molar-refractivity contribution in [2.24, 2.45) is 5.41 Å². The molecule has 0 spiro atoms. The van der Waals surface area contributed by atoms with Gasteiger partial charge in [-0.1, -0.05) is 110 Å². The normalized spacial score (nSPS) is 22.0. The SMILES string of the molecule is CC1(Cc2ccccc2)C=C(c2ccccc2)S(=O)C(c2ccccc2)=C1. The van der Waals surface area contributed by atoms with Gasteiger partial charge in [-0.2, -0.15) is 0 Å². The lowest BCUT2D eigenvalue weighted by molar-refractivity contribution is 0.551. The van der Waals surface area contributed by atoms with Crippen LogP contribution in [0.2, 0.25) is 0 Å². The van der Waals surface area contributed by atoms with Crippen LogP contribution in [0, 0.1) is 5.41 Å². The van der Waals surface area contributed by atoms with E-state index in [0.29, 0.717) is 0 Å². The van der Waals surface area contributed by atoms with Crippen molar-refractivity contribution in [2.45, 2.75) is 13.3 Å². The Labute approximate surface area is 163 Å². The molecule has 2 heteroatoms. The molecule has 0 N–H and O–H groups in total. The second-order valence-electron chi connectivity index (χ2n) is 7.19. The minimum absolute atomic E-state index is 0.203. The Balaban J connectivity index is 1.83. The molecule has 0 aromatic heterocycles. The Morgan fingerprint density at radius 3 is 1.52 bits per heavy atom. The van der Waals surface area contributed by atoms with Crippen molar-refractivity contribution in [1.29, 1.82) is 0 Å². The molecule has 0 amide bonds. The van der Waals surface area contributed by atoms with Gasteiger partial charge >= 0.3 is 0 Å². The third-order valence-electron chi connectivity index (χ3n) is 4.87. The summed E-state index contributed by atoms with van der Waals surface area (Å²) in [5.41, 5.74) is 3.12. The minimum Gasteiger partial charge on any atom is -0.249 e. The van der Waals surface area contributed by atoms with E-state index in [1.165, 1.54) is 5.56 Å². The molecule has 4 rings (SSSR count). The lowest BCUT2D eigenvalue weighted by atomic mass is 9.81. The largest absolute Gasteiger partial charge is 0.249 e. The zero-order valence-corrected chi connectivity index (χ0v) is 16.2. The quantitative estimate of drug-likeness (QED) is 0.544. The topological polar surface area (TPSA) is 17.1 Å². The molecule has 1 aliphatic heterocycles. The van der Waals surface area contributed by atoms with Crippen LogP contribution in [0.5, 0.6) is 0 Å². The van der Waals surface area contributed by atoms with Crippen molar-refractivity contribution in [3.63, 3.8) is 0 Å². The van der Waals surface area contributed by atoms with E-state index >= 15 is 0 Å². The molecule has 0 saturated carbocycles. The first-order chi connectivity index (χ1) is 13.1. The highest BCUT2D eigenvalue weighted by Gasteiger charge is 2.31. The molecule has 0 atom stereocenters. The summed E-state index contributed by atoms with van der Waals surface area (Å²) in [5, 5.41) is 0. The summed E-state index contributed by atoms with van der Waals surface area (Å²) < 4.78 is 13.4. The van der Waals surface area contributed by atoms with Crippen LogP contribution in [0.1, 0.15) is 23.6 Å². The third-order valence-corrected chi connectivity index (χ3v) is 6.37. The van der Waals surface area contributed by atoms with E-state index in [1.807, 2.05) is 66.7 Å². The Hall–Kier alpha value is -2.71. The number of benzene rings is 3. The average molecular weight is 371 g/mol. The molecule has 0 fully saturated rings. The zero-order chi connectivity index (χ0) is 18.7. The van der Waals surface area contributed by atoms with Gasteiger partial charge in [-0.15, -0.1) is 0 Å². The van der Waals surface area contributed by atoms with E-state index in [2.05, 4.69) is 43.3 Å². The fraction of sp³-hybridized carbons (Fsp3) is 0.120. The summed E-state index contributed by atoms with van der Waals surface area (Å²) in [5.74, 6) is 0. The molecule has 134 valence electrons. The van der Waals surface area contributed by atoms with Gasteiger partial charge in [-0.25, -0.2) is 4.21 Å². The Kier molecular flexibility index (Phi) is 4.91. The summed E-state index contributed by atoms with van der Waals surface area (Å²) in [7, 11) is -1.20. The summed E-state index contributed by atoms with van der Waals surface area (Å²) in [6, 6.07) is 30.7. The lowest BCUT2D eigenvalue weighted by Crippen LogP contribution is -2.20. The van der Waals surface area contributed by atoms with Crippen LogP contribution in [0.25, 0.3) is 9.81 Å². The summed E-state index contributed by atoms with van der Waals surface area (Å²) >= 11 is 0. The van der Waals surface area contributed by atoms with Crippen molar-refractivity contribution in [3.05, 3.63) is 120 Å². The van der Waals surface area contributed by atoms with Crippen molar-refractivity contribution < 1.29 is 4.21 Å². The van der Waals surface area contributed by atoms with Gasteiger partial charge in [0.2, 0.25) is 0 Å². The van der Waals surface area contributed by atoms with Gasteiger partial charge in [-0.3, -0.25) is 0 Å². The van der Waals surface area contributed by atoms with Crippen LogP contribution in [0.3, 0.4) is 0 Å². The summed E-state index contributed by atoms with van der Waals surface area (Å²) in [4.78, 5) is 1.80. The molecule has 1 aliphatic rings. The molecule has 3 aromatic rings. The maximum Gasteiger partial charge on any atom is 0.0855 e. The predicted molar refractivity (Wildman–Crippen MR) is 115 cm³/mol. The molecule has 27 heavy (non-hydrogen) atoms. The predicted octanol–water partition coefficient (Wildman–Crippen LogP) is 6.08. The Morgan fingerprint density at radius 1 is 0.667 bits per heavy atom. The number of hydrogen-bond acceptors (Lipinski definition) is 1. The molecule has 0 unspecified atom stereocenters. The molecule has 0 aliphatic carbocycles. The molecule has 3 aromatic carbocycles. The maximum absolute atomic E-state index is 13.4. The van der Waals surface area contributed by atoms with Gasteiger partial charge in [0.25, 0.3) is 0 Å². The molecule has 0 radical (unpaired) electrons. The van der Waals surface area contributed by atoms with Crippen LogP contribution in [-0.4, -0.2) is 4.21 Å². The zero-order valence-electron chi connectivity index (χ0n) is 15.3. The van der Waals surface area contributed by atoms with Gasteiger partial charge in [0.15, 0.2) is 0 Å². The highest BCUT2D eigenvalue weighted by molar-refractivity contribution is 8.03. The molecule has 1 heterocycles.